The average molecular weight is 277 g/mol. The molecule has 6 atom stereocenters. The Balaban J connectivity index is 1.36. The first-order chi connectivity index (χ1) is 9.72. The van der Waals surface area contributed by atoms with Crippen molar-refractivity contribution < 1.29 is 4.79 Å². The van der Waals surface area contributed by atoms with Crippen molar-refractivity contribution in [2.24, 2.45) is 23.5 Å². The number of fused-ring (bicyclic) bond motifs is 3. The summed E-state index contributed by atoms with van der Waals surface area (Å²) < 4.78 is 0. The molecule has 4 nitrogen and oxygen atoms in total. The highest BCUT2D eigenvalue weighted by molar-refractivity contribution is 5.80. The van der Waals surface area contributed by atoms with Crippen molar-refractivity contribution in [2.75, 3.05) is 13.1 Å². The van der Waals surface area contributed by atoms with Gasteiger partial charge in [0.2, 0.25) is 5.91 Å². The number of nitrogens with one attached hydrogen (secondary N) is 1. The lowest BCUT2D eigenvalue weighted by atomic mass is 9.84. The minimum atomic E-state index is 0.107. The molecule has 20 heavy (non-hydrogen) atoms. The van der Waals surface area contributed by atoms with Gasteiger partial charge in [0.25, 0.3) is 0 Å². The van der Waals surface area contributed by atoms with Crippen LogP contribution in [-0.2, 0) is 4.79 Å². The molecule has 2 bridgehead atoms. The van der Waals surface area contributed by atoms with Crippen LogP contribution in [0.1, 0.15) is 44.9 Å². The maximum Gasteiger partial charge on any atom is 0.225 e. The number of piperidine rings is 1. The second-order valence-electron chi connectivity index (χ2n) is 7.50. The van der Waals surface area contributed by atoms with Crippen molar-refractivity contribution in [3.63, 3.8) is 0 Å². The molecular formula is C16H27N3O. The Bertz CT molecular complexity index is 397. The number of amides is 1. The molecule has 0 radical (unpaired) electrons. The summed E-state index contributed by atoms with van der Waals surface area (Å²) in [6.07, 6.45) is 8.59. The number of rotatable bonds is 2. The molecular weight excluding hydrogens is 250 g/mol. The number of nitrogens with two attached hydrogens (primary N) is 1. The van der Waals surface area contributed by atoms with Gasteiger partial charge in [0.15, 0.2) is 0 Å². The van der Waals surface area contributed by atoms with E-state index in [0.717, 1.165) is 18.9 Å². The molecule has 2 saturated carbocycles. The van der Waals surface area contributed by atoms with E-state index in [1.807, 2.05) is 0 Å². The second kappa shape index (κ2) is 4.99. The lowest BCUT2D eigenvalue weighted by Gasteiger charge is -2.36. The molecule has 112 valence electrons. The van der Waals surface area contributed by atoms with Gasteiger partial charge >= 0.3 is 0 Å². The second-order valence-corrected chi connectivity index (χ2v) is 7.50. The van der Waals surface area contributed by atoms with Gasteiger partial charge in [-0.05, 0) is 63.3 Å². The van der Waals surface area contributed by atoms with Gasteiger partial charge in [0.1, 0.15) is 0 Å². The van der Waals surface area contributed by atoms with E-state index in [4.69, 9.17) is 5.73 Å². The molecule has 4 aliphatic rings. The molecule has 6 unspecified atom stereocenters. The van der Waals surface area contributed by atoms with Crippen LogP contribution in [0.4, 0.5) is 0 Å². The van der Waals surface area contributed by atoms with Gasteiger partial charge in [0, 0.05) is 24.7 Å². The fourth-order valence-corrected chi connectivity index (χ4v) is 5.38. The van der Waals surface area contributed by atoms with E-state index in [-0.39, 0.29) is 17.9 Å². The molecule has 4 rings (SSSR count). The van der Waals surface area contributed by atoms with Gasteiger partial charge in [-0.2, -0.15) is 0 Å². The Labute approximate surface area is 121 Å². The van der Waals surface area contributed by atoms with Crippen molar-refractivity contribution in [3.8, 4) is 0 Å². The lowest BCUT2D eigenvalue weighted by molar-refractivity contribution is -0.128. The predicted molar refractivity (Wildman–Crippen MR) is 78.1 cm³/mol. The number of nitrogens with zero attached hydrogens (tertiary/aromatic N) is 1. The summed E-state index contributed by atoms with van der Waals surface area (Å²) in [5, 5.41) is 3.34. The summed E-state index contributed by atoms with van der Waals surface area (Å²) in [6, 6.07) is 1.25. The Hall–Kier alpha value is -0.610. The van der Waals surface area contributed by atoms with Crippen molar-refractivity contribution in [1.29, 1.82) is 0 Å². The monoisotopic (exact) mass is 277 g/mol. The van der Waals surface area contributed by atoms with Gasteiger partial charge in [0.05, 0.1) is 5.92 Å². The Kier molecular flexibility index (Phi) is 3.26. The van der Waals surface area contributed by atoms with Gasteiger partial charge in [-0.3, -0.25) is 4.79 Å². The fraction of sp³-hybridized carbons (Fsp3) is 0.938. The highest BCUT2D eigenvalue weighted by atomic mass is 16.2. The van der Waals surface area contributed by atoms with Crippen LogP contribution in [0.5, 0.6) is 0 Å². The first-order valence-corrected chi connectivity index (χ1v) is 8.52. The van der Waals surface area contributed by atoms with Gasteiger partial charge in [-0.25, -0.2) is 0 Å². The maximum atomic E-state index is 12.6. The standard InChI is InChI=1S/C16H27N3O/c17-15-11-4-3-10(8-11)14(15)16(20)18-12-5-7-19-6-1-2-13(19)9-12/h10-15H,1-9,17H2,(H,18,20). The molecule has 4 fully saturated rings. The lowest BCUT2D eigenvalue weighted by Crippen LogP contribution is -2.52. The quantitative estimate of drug-likeness (QED) is 0.795. The predicted octanol–water partition coefficient (Wildman–Crippen LogP) is 1.10. The fourth-order valence-electron chi connectivity index (χ4n) is 5.38. The zero-order valence-corrected chi connectivity index (χ0v) is 12.3. The van der Waals surface area contributed by atoms with Crippen LogP contribution in [-0.4, -0.2) is 42.0 Å². The molecule has 2 aliphatic heterocycles. The maximum absolute atomic E-state index is 12.6. The van der Waals surface area contributed by atoms with E-state index >= 15 is 0 Å². The first kappa shape index (κ1) is 13.1. The highest BCUT2D eigenvalue weighted by Gasteiger charge is 2.49. The van der Waals surface area contributed by atoms with Crippen LogP contribution in [0.3, 0.4) is 0 Å². The van der Waals surface area contributed by atoms with E-state index in [1.54, 1.807) is 0 Å². The Morgan fingerprint density at radius 1 is 1.05 bits per heavy atom. The summed E-state index contributed by atoms with van der Waals surface area (Å²) in [5.41, 5.74) is 6.29. The van der Waals surface area contributed by atoms with E-state index in [0.29, 0.717) is 17.9 Å². The van der Waals surface area contributed by atoms with Crippen molar-refractivity contribution in [1.82, 2.24) is 10.2 Å². The summed E-state index contributed by atoms with van der Waals surface area (Å²) in [4.78, 5) is 15.2. The smallest absolute Gasteiger partial charge is 0.225 e. The molecule has 4 heteroatoms. The number of carbonyl (C=O) groups excluding carboxylic acids is 1. The van der Waals surface area contributed by atoms with Crippen LogP contribution in [0.2, 0.25) is 0 Å². The summed E-state index contributed by atoms with van der Waals surface area (Å²) in [6.45, 7) is 2.43. The minimum Gasteiger partial charge on any atom is -0.353 e. The van der Waals surface area contributed by atoms with Gasteiger partial charge in [-0.1, -0.05) is 0 Å². The highest BCUT2D eigenvalue weighted by Crippen LogP contribution is 2.47. The van der Waals surface area contributed by atoms with Gasteiger partial charge < -0.3 is 16.0 Å². The molecule has 2 saturated heterocycles. The van der Waals surface area contributed by atoms with Crippen molar-refractivity contribution >= 4 is 5.91 Å². The zero-order valence-electron chi connectivity index (χ0n) is 12.3. The molecule has 2 heterocycles. The molecule has 1 amide bonds. The normalized spacial score (nSPS) is 47.5. The van der Waals surface area contributed by atoms with Crippen LogP contribution in [0.25, 0.3) is 0 Å². The third-order valence-corrected chi connectivity index (χ3v) is 6.45. The van der Waals surface area contributed by atoms with Gasteiger partial charge in [-0.15, -0.1) is 0 Å². The van der Waals surface area contributed by atoms with Crippen molar-refractivity contribution in [3.05, 3.63) is 0 Å². The SMILES string of the molecule is NC1C2CCC(C2)C1C(=O)NC1CCN2CCCC2C1. The number of hydrogen-bond acceptors (Lipinski definition) is 3. The van der Waals surface area contributed by atoms with E-state index in [1.165, 1.54) is 45.2 Å². The molecule has 0 aromatic carbocycles. The molecule has 0 spiro atoms. The zero-order chi connectivity index (χ0) is 13.7. The Morgan fingerprint density at radius 2 is 1.90 bits per heavy atom. The van der Waals surface area contributed by atoms with Crippen LogP contribution >= 0.6 is 0 Å². The van der Waals surface area contributed by atoms with E-state index in [9.17, 15) is 4.79 Å². The van der Waals surface area contributed by atoms with Crippen LogP contribution < -0.4 is 11.1 Å². The van der Waals surface area contributed by atoms with Crippen LogP contribution in [0.15, 0.2) is 0 Å². The van der Waals surface area contributed by atoms with Crippen LogP contribution in [0, 0.1) is 17.8 Å². The van der Waals surface area contributed by atoms with E-state index in [2.05, 4.69) is 10.2 Å². The summed E-state index contributed by atoms with van der Waals surface area (Å²) in [7, 11) is 0. The largest absolute Gasteiger partial charge is 0.353 e. The first-order valence-electron chi connectivity index (χ1n) is 8.52. The number of hydrogen-bond donors (Lipinski definition) is 2. The summed E-state index contributed by atoms with van der Waals surface area (Å²) in [5.74, 6) is 1.56. The topological polar surface area (TPSA) is 58.4 Å². The molecule has 0 aromatic rings. The Morgan fingerprint density at radius 3 is 2.70 bits per heavy atom. The van der Waals surface area contributed by atoms with E-state index < -0.39 is 0 Å². The van der Waals surface area contributed by atoms with Crippen molar-refractivity contribution in [2.45, 2.75) is 63.1 Å². The third-order valence-electron chi connectivity index (χ3n) is 6.45. The third kappa shape index (κ3) is 2.08. The number of carbonyl (C=O) groups is 1. The molecule has 0 aromatic heterocycles. The summed E-state index contributed by atoms with van der Waals surface area (Å²) >= 11 is 0. The molecule has 3 N–H and O–H groups in total. The average Bonchev–Trinajstić information content (AvgIpc) is 3.12. The minimum absolute atomic E-state index is 0.107. The molecule has 2 aliphatic carbocycles.